The molecule has 1 aromatic carbocycles. The van der Waals surface area contributed by atoms with E-state index in [2.05, 4.69) is 38.0 Å². The number of nitrogens with zero attached hydrogens (tertiary/aromatic N) is 1. The fraction of sp³-hybridized carbons (Fsp3) is 0.412. The normalized spacial score (nSPS) is 24.8. The maximum absolute atomic E-state index is 11.7. The number of nitrogens with one attached hydrogen (secondary N) is 1. The summed E-state index contributed by atoms with van der Waals surface area (Å²) in [5, 5.41) is 2.50. The highest BCUT2D eigenvalue weighted by atomic mass is 35.5. The van der Waals surface area contributed by atoms with E-state index in [0.29, 0.717) is 15.8 Å². The van der Waals surface area contributed by atoms with E-state index in [1.54, 1.807) is 6.08 Å². The molecule has 0 radical (unpaired) electrons. The number of hydrogen-bond acceptors (Lipinski definition) is 4. The Morgan fingerprint density at radius 3 is 2.70 bits per heavy atom. The second-order valence-corrected chi connectivity index (χ2v) is 8.18. The molecule has 0 bridgehead atoms. The number of thioether (sulfide) groups is 1. The van der Waals surface area contributed by atoms with Gasteiger partial charge in [-0.2, -0.15) is 0 Å². The van der Waals surface area contributed by atoms with Gasteiger partial charge in [-0.05, 0) is 67.3 Å². The van der Waals surface area contributed by atoms with Gasteiger partial charge < -0.3 is 4.90 Å². The Bertz CT molecular complexity index is 742. The van der Waals surface area contributed by atoms with Gasteiger partial charge in [0.1, 0.15) is 0 Å². The van der Waals surface area contributed by atoms with E-state index in [1.807, 2.05) is 12.1 Å². The lowest BCUT2D eigenvalue weighted by molar-refractivity contribution is -0.115. The minimum absolute atomic E-state index is 0.0728. The summed E-state index contributed by atoms with van der Waals surface area (Å²) in [6, 6.07) is 4.00. The largest absolute Gasteiger partial charge is 0.369 e. The lowest BCUT2D eigenvalue weighted by Gasteiger charge is -2.45. The van der Waals surface area contributed by atoms with Gasteiger partial charge in [-0.25, -0.2) is 0 Å². The molecule has 2 aliphatic heterocycles. The number of carbonyl (C=O) groups excluding carboxylic acids is 2. The van der Waals surface area contributed by atoms with Gasteiger partial charge in [0.2, 0.25) is 0 Å². The topological polar surface area (TPSA) is 49.4 Å². The molecule has 1 N–H and O–H groups in total. The second-order valence-electron chi connectivity index (χ2n) is 6.76. The average Bonchev–Trinajstić information content (AvgIpc) is 2.76. The predicted molar refractivity (Wildman–Crippen MR) is 96.1 cm³/mol. The van der Waals surface area contributed by atoms with Crippen molar-refractivity contribution in [2.24, 2.45) is 0 Å². The summed E-state index contributed by atoms with van der Waals surface area (Å²) >= 11 is 7.34. The van der Waals surface area contributed by atoms with Gasteiger partial charge in [-0.1, -0.05) is 18.5 Å². The van der Waals surface area contributed by atoms with Crippen LogP contribution in [0.25, 0.3) is 6.08 Å². The summed E-state index contributed by atoms with van der Waals surface area (Å²) in [5.41, 5.74) is 3.19. The molecular weight excluding hydrogens is 332 g/mol. The van der Waals surface area contributed by atoms with Crippen molar-refractivity contribution in [2.45, 2.75) is 38.6 Å². The molecule has 2 amide bonds. The molecule has 2 heterocycles. The summed E-state index contributed by atoms with van der Waals surface area (Å²) in [6.07, 6.45) is 2.74. The molecule has 1 aromatic rings. The molecule has 0 spiro atoms. The SMILES string of the molecule is CC1CC(C)(C)N(C)c2cc(Cl)c(/C=C3/SC(=O)NC3=O)cc21. The Labute approximate surface area is 145 Å². The van der Waals surface area contributed by atoms with Crippen LogP contribution in [0.1, 0.15) is 44.2 Å². The third kappa shape index (κ3) is 2.88. The summed E-state index contributed by atoms with van der Waals surface area (Å²) < 4.78 is 0. The Morgan fingerprint density at radius 2 is 2.09 bits per heavy atom. The molecule has 3 rings (SSSR count). The van der Waals surface area contributed by atoms with Crippen LogP contribution < -0.4 is 10.2 Å². The van der Waals surface area contributed by atoms with Crippen LogP contribution in [-0.2, 0) is 4.79 Å². The first kappa shape index (κ1) is 16.4. The molecule has 4 nitrogen and oxygen atoms in total. The van der Waals surface area contributed by atoms with E-state index in [1.165, 1.54) is 5.56 Å². The Balaban J connectivity index is 2.06. The van der Waals surface area contributed by atoms with E-state index in [-0.39, 0.29) is 16.7 Å². The summed E-state index contributed by atoms with van der Waals surface area (Å²) in [6.45, 7) is 6.65. The third-order valence-corrected chi connectivity index (χ3v) is 5.82. The van der Waals surface area contributed by atoms with Crippen LogP contribution in [0.5, 0.6) is 0 Å². The van der Waals surface area contributed by atoms with E-state index < -0.39 is 0 Å². The first-order valence-corrected chi connectivity index (χ1v) is 8.70. The van der Waals surface area contributed by atoms with Crippen LogP contribution in [0.15, 0.2) is 17.0 Å². The molecule has 1 fully saturated rings. The van der Waals surface area contributed by atoms with Crippen LogP contribution in [0.4, 0.5) is 10.5 Å². The Morgan fingerprint density at radius 1 is 1.39 bits per heavy atom. The maximum atomic E-state index is 11.7. The lowest BCUT2D eigenvalue weighted by atomic mass is 9.80. The van der Waals surface area contributed by atoms with Crippen molar-refractivity contribution >= 4 is 46.3 Å². The number of amides is 2. The smallest absolute Gasteiger partial charge is 0.290 e. The molecule has 0 aromatic heterocycles. The van der Waals surface area contributed by atoms with Gasteiger partial charge in [0.15, 0.2) is 0 Å². The lowest BCUT2D eigenvalue weighted by Crippen LogP contribution is -2.45. The van der Waals surface area contributed by atoms with Crippen LogP contribution in [0.2, 0.25) is 5.02 Å². The van der Waals surface area contributed by atoms with Crippen LogP contribution in [0, 0.1) is 0 Å². The molecule has 23 heavy (non-hydrogen) atoms. The molecule has 0 aliphatic carbocycles. The Hall–Kier alpha value is -1.46. The van der Waals surface area contributed by atoms with Gasteiger partial charge in [-0.3, -0.25) is 14.9 Å². The zero-order chi connectivity index (χ0) is 16.9. The van der Waals surface area contributed by atoms with E-state index in [4.69, 9.17) is 11.6 Å². The fourth-order valence-corrected chi connectivity index (χ4v) is 4.16. The first-order valence-electron chi connectivity index (χ1n) is 7.51. The zero-order valence-electron chi connectivity index (χ0n) is 13.6. The first-order chi connectivity index (χ1) is 10.7. The Kier molecular flexibility index (Phi) is 3.97. The molecule has 1 atom stereocenters. The highest BCUT2D eigenvalue weighted by Gasteiger charge is 2.34. The highest BCUT2D eigenvalue weighted by Crippen LogP contribution is 2.44. The second kappa shape index (κ2) is 5.56. The van der Waals surface area contributed by atoms with Crippen LogP contribution in [-0.4, -0.2) is 23.7 Å². The number of halogens is 1. The summed E-state index contributed by atoms with van der Waals surface area (Å²) in [7, 11) is 2.08. The van der Waals surface area contributed by atoms with Crippen molar-refractivity contribution in [3.8, 4) is 0 Å². The van der Waals surface area contributed by atoms with Gasteiger partial charge in [0.05, 0.1) is 4.91 Å². The van der Waals surface area contributed by atoms with Crippen molar-refractivity contribution in [1.29, 1.82) is 0 Å². The third-order valence-electron chi connectivity index (χ3n) is 4.68. The zero-order valence-corrected chi connectivity index (χ0v) is 15.1. The predicted octanol–water partition coefficient (Wildman–Crippen LogP) is 4.39. The van der Waals surface area contributed by atoms with Crippen LogP contribution >= 0.6 is 23.4 Å². The van der Waals surface area contributed by atoms with E-state index >= 15 is 0 Å². The van der Waals surface area contributed by atoms with E-state index in [0.717, 1.165) is 29.4 Å². The van der Waals surface area contributed by atoms with Crippen molar-refractivity contribution in [1.82, 2.24) is 5.32 Å². The highest BCUT2D eigenvalue weighted by molar-refractivity contribution is 8.18. The maximum Gasteiger partial charge on any atom is 0.290 e. The minimum Gasteiger partial charge on any atom is -0.369 e. The van der Waals surface area contributed by atoms with Gasteiger partial charge >= 0.3 is 0 Å². The number of carbonyl (C=O) groups is 2. The monoisotopic (exact) mass is 350 g/mol. The van der Waals surface area contributed by atoms with Crippen molar-refractivity contribution in [3.05, 3.63) is 33.2 Å². The molecule has 6 heteroatoms. The summed E-state index contributed by atoms with van der Waals surface area (Å²) in [4.78, 5) is 25.6. The molecule has 1 unspecified atom stereocenters. The number of benzene rings is 1. The number of rotatable bonds is 1. The molecule has 0 saturated carbocycles. The molecule has 122 valence electrons. The van der Waals surface area contributed by atoms with Gasteiger partial charge in [0.25, 0.3) is 11.1 Å². The number of anilines is 1. The molecular formula is C17H19ClN2O2S. The minimum atomic E-state index is -0.361. The van der Waals surface area contributed by atoms with Crippen molar-refractivity contribution < 1.29 is 9.59 Å². The van der Waals surface area contributed by atoms with Crippen molar-refractivity contribution in [3.63, 3.8) is 0 Å². The standard InChI is InChI=1S/C17H19ClN2O2S/c1-9-8-17(2,3)20(4)13-7-12(18)10(5-11(9)13)6-14-15(21)19-16(22)23-14/h5-7,9H,8H2,1-4H3,(H,19,21,22)/b14-6+. The summed E-state index contributed by atoms with van der Waals surface area (Å²) in [5.74, 6) is 0.0393. The average molecular weight is 351 g/mol. The van der Waals surface area contributed by atoms with Gasteiger partial charge in [0, 0.05) is 23.3 Å². The number of hydrogen-bond donors (Lipinski definition) is 1. The molecule has 2 aliphatic rings. The van der Waals surface area contributed by atoms with Gasteiger partial charge in [-0.15, -0.1) is 0 Å². The van der Waals surface area contributed by atoms with Crippen LogP contribution in [0.3, 0.4) is 0 Å². The van der Waals surface area contributed by atoms with Crippen molar-refractivity contribution in [2.75, 3.05) is 11.9 Å². The number of fused-ring (bicyclic) bond motifs is 1. The molecule has 1 saturated heterocycles. The number of imide groups is 1. The quantitative estimate of drug-likeness (QED) is 0.763. The fourth-order valence-electron chi connectivity index (χ4n) is 3.28. The van der Waals surface area contributed by atoms with E-state index in [9.17, 15) is 9.59 Å².